The quantitative estimate of drug-likeness (QED) is 0.160. The summed E-state index contributed by atoms with van der Waals surface area (Å²) in [7, 11) is 0. The predicted molar refractivity (Wildman–Crippen MR) is 224 cm³/mol. The first-order valence-electron chi connectivity index (χ1n) is 21.5. The summed E-state index contributed by atoms with van der Waals surface area (Å²) in [4.78, 5) is 2.43. The Morgan fingerprint density at radius 3 is 2.15 bits per heavy atom. The molecule has 1 aromatic carbocycles. The Morgan fingerprint density at radius 2 is 1.53 bits per heavy atom. The minimum atomic E-state index is -0.130. The molecule has 1 aliphatic heterocycles. The molecular formula is C47H78ClNO4. The second-order valence-corrected chi connectivity index (χ2v) is 18.9. The number of morpholine rings is 1. The lowest BCUT2D eigenvalue weighted by atomic mass is 9.43. The molecule has 302 valence electrons. The predicted octanol–water partition coefficient (Wildman–Crippen LogP) is 11.9. The van der Waals surface area contributed by atoms with Crippen molar-refractivity contribution in [3.8, 4) is 11.5 Å². The number of aliphatic hydroxyl groups excluding tert-OH is 1. The first kappa shape index (κ1) is 44.2. The van der Waals surface area contributed by atoms with E-state index in [2.05, 4.69) is 73.3 Å². The third-order valence-corrected chi connectivity index (χ3v) is 15.2. The van der Waals surface area contributed by atoms with Crippen LogP contribution in [0.1, 0.15) is 146 Å². The molecule has 1 saturated heterocycles. The van der Waals surface area contributed by atoms with Gasteiger partial charge < -0.3 is 19.3 Å². The van der Waals surface area contributed by atoms with Crippen molar-refractivity contribution in [2.24, 2.45) is 39.4 Å². The molecule has 53 heavy (non-hydrogen) atoms. The van der Waals surface area contributed by atoms with E-state index in [1.807, 2.05) is 35.4 Å². The molecule has 4 aliphatic carbocycles. The highest BCUT2D eigenvalue weighted by Gasteiger charge is 2.63. The molecule has 6 rings (SSSR count). The van der Waals surface area contributed by atoms with Crippen molar-refractivity contribution in [3.63, 3.8) is 0 Å². The fourth-order valence-electron chi connectivity index (χ4n) is 11.7. The van der Waals surface area contributed by atoms with E-state index in [1.165, 1.54) is 63.4 Å². The van der Waals surface area contributed by atoms with Crippen LogP contribution in [0.2, 0.25) is 0 Å². The fraction of sp³-hybridized carbons (Fsp3) is 0.787. The van der Waals surface area contributed by atoms with Gasteiger partial charge in [0.1, 0.15) is 11.5 Å². The van der Waals surface area contributed by atoms with Crippen LogP contribution in [0.15, 0.2) is 47.1 Å². The number of halogens is 1. The molecule has 5 nitrogen and oxygen atoms in total. The second-order valence-electron chi connectivity index (χ2n) is 18.9. The van der Waals surface area contributed by atoms with Gasteiger partial charge in [0, 0.05) is 19.6 Å². The largest absolute Gasteiger partial charge is 0.494 e. The van der Waals surface area contributed by atoms with Crippen molar-refractivity contribution < 1.29 is 19.3 Å². The number of hydrogen-bond donors (Lipinski definition) is 1. The van der Waals surface area contributed by atoms with Gasteiger partial charge in [0.15, 0.2) is 0 Å². The van der Waals surface area contributed by atoms with E-state index in [0.29, 0.717) is 22.2 Å². The zero-order chi connectivity index (χ0) is 37.6. The van der Waals surface area contributed by atoms with E-state index in [9.17, 15) is 5.11 Å². The van der Waals surface area contributed by atoms with Crippen LogP contribution < -0.4 is 9.47 Å². The number of unbranched alkanes of at least 4 members (excludes halogenated alkanes) is 1. The summed E-state index contributed by atoms with van der Waals surface area (Å²) in [6.45, 7) is 28.2. The Labute approximate surface area is 331 Å². The molecule has 5 aliphatic rings. The Balaban J connectivity index is 0.000000250. The zero-order valence-corrected chi connectivity index (χ0v) is 36.2. The number of nitrogens with zero attached hydrogens (tertiary/aromatic N) is 1. The molecule has 0 amide bonds. The smallest absolute Gasteiger partial charge is 0.119 e. The Bertz CT molecular complexity index is 1350. The van der Waals surface area contributed by atoms with Crippen LogP contribution in [0, 0.1) is 39.4 Å². The number of allylic oxidation sites excluding steroid dienone is 4. The first-order valence-corrected chi connectivity index (χ1v) is 21.5. The van der Waals surface area contributed by atoms with Crippen LogP contribution in [0.4, 0.5) is 0 Å². The third-order valence-electron chi connectivity index (χ3n) is 15.2. The average molecular weight is 757 g/mol. The molecule has 0 radical (unpaired) electrons. The van der Waals surface area contributed by atoms with Gasteiger partial charge in [-0.05, 0) is 155 Å². The van der Waals surface area contributed by atoms with E-state index >= 15 is 0 Å². The number of rotatable bonds is 13. The van der Waals surface area contributed by atoms with Crippen LogP contribution in [0.25, 0.3) is 0 Å². The average Bonchev–Trinajstić information content (AvgIpc) is 3.41. The molecular weight excluding hydrogens is 678 g/mol. The van der Waals surface area contributed by atoms with E-state index in [4.69, 9.17) is 14.2 Å². The molecule has 0 aromatic heterocycles. The van der Waals surface area contributed by atoms with Gasteiger partial charge in [-0.25, -0.2) is 0 Å². The summed E-state index contributed by atoms with van der Waals surface area (Å²) < 4.78 is 16.7. The van der Waals surface area contributed by atoms with Gasteiger partial charge in [0.25, 0.3) is 0 Å². The van der Waals surface area contributed by atoms with Crippen molar-refractivity contribution in [3.05, 3.63) is 47.1 Å². The monoisotopic (exact) mass is 756 g/mol. The Kier molecular flexibility index (Phi) is 15.9. The highest BCUT2D eigenvalue weighted by Crippen LogP contribution is 2.72. The Hall–Kier alpha value is -1.53. The van der Waals surface area contributed by atoms with Crippen LogP contribution in [-0.2, 0) is 4.74 Å². The molecule has 2 saturated carbocycles. The van der Waals surface area contributed by atoms with Crippen LogP contribution in [0.3, 0.4) is 0 Å². The highest BCUT2D eigenvalue weighted by atomic mass is 35.5. The number of aliphatic hydroxyl groups is 1. The number of benzene rings is 1. The minimum Gasteiger partial charge on any atom is -0.494 e. The fourth-order valence-corrected chi connectivity index (χ4v) is 11.7. The number of fused-ring (bicyclic) bond motifs is 4. The maximum atomic E-state index is 10.8. The summed E-state index contributed by atoms with van der Waals surface area (Å²) in [6, 6.07) is 7.92. The second kappa shape index (κ2) is 19.1. The van der Waals surface area contributed by atoms with Crippen molar-refractivity contribution in [2.45, 2.75) is 152 Å². The lowest BCUT2D eigenvalue weighted by molar-refractivity contribution is -0.0962. The van der Waals surface area contributed by atoms with Gasteiger partial charge in [0.2, 0.25) is 0 Å². The van der Waals surface area contributed by atoms with E-state index in [0.717, 1.165) is 95.1 Å². The van der Waals surface area contributed by atoms with Gasteiger partial charge in [-0.1, -0.05) is 77.7 Å². The summed E-state index contributed by atoms with van der Waals surface area (Å²) in [5.74, 6) is 4.16. The van der Waals surface area contributed by atoms with E-state index in [1.54, 1.807) is 0 Å². The molecule has 6 heteroatoms. The molecule has 1 aromatic rings. The van der Waals surface area contributed by atoms with Crippen LogP contribution in [0.5, 0.6) is 11.5 Å². The zero-order valence-electron chi connectivity index (χ0n) is 35.4. The maximum absolute atomic E-state index is 10.8. The minimum absolute atomic E-state index is 0. The molecule has 0 spiro atoms. The van der Waals surface area contributed by atoms with E-state index in [-0.39, 0.29) is 23.9 Å². The van der Waals surface area contributed by atoms with Crippen molar-refractivity contribution in [1.82, 2.24) is 4.90 Å². The molecule has 3 fully saturated rings. The summed E-state index contributed by atoms with van der Waals surface area (Å²) in [5, 5.41) is 10.8. The van der Waals surface area contributed by atoms with Crippen molar-refractivity contribution >= 4 is 12.4 Å². The maximum Gasteiger partial charge on any atom is 0.119 e. The van der Waals surface area contributed by atoms with Crippen LogP contribution >= 0.6 is 12.4 Å². The Morgan fingerprint density at radius 1 is 0.887 bits per heavy atom. The highest BCUT2D eigenvalue weighted by molar-refractivity contribution is 5.85. The number of hydrogen-bond acceptors (Lipinski definition) is 5. The van der Waals surface area contributed by atoms with Gasteiger partial charge >= 0.3 is 0 Å². The normalized spacial score (nSPS) is 32.5. The topological polar surface area (TPSA) is 51.2 Å². The van der Waals surface area contributed by atoms with Gasteiger partial charge in [0.05, 0.1) is 32.5 Å². The summed E-state index contributed by atoms with van der Waals surface area (Å²) in [5.41, 5.74) is 6.41. The third kappa shape index (κ3) is 9.72. The van der Waals surface area contributed by atoms with Crippen molar-refractivity contribution in [2.75, 3.05) is 46.1 Å². The summed E-state index contributed by atoms with van der Waals surface area (Å²) in [6.07, 6.45) is 18.5. The molecule has 7 unspecified atom stereocenters. The lowest BCUT2D eigenvalue weighted by Gasteiger charge is -2.62. The molecule has 1 N–H and O–H groups in total. The van der Waals surface area contributed by atoms with Crippen LogP contribution in [-0.4, -0.2) is 62.2 Å². The number of ether oxygens (including phenoxy) is 3. The molecule has 7 atom stereocenters. The standard InChI is InChI=1S/C30H50O.C17H27NO3.ClH/c1-20(2)10-9-11-21(3)22-14-18-30(8)24-12-13-25-27(4,5)26(31)16-17-28(25,6)23(24)15-19-29(22,30)7;1-2-3-12-20-16-5-7-17(8-6-16)21-13-4-9-18-10-14-19-15-11-18;/h10,21-22,25-26,31H,9,11-19H2,1-8H3;5-8H,2-4,9-15H2,1H3;1H. The molecule has 1 heterocycles. The van der Waals surface area contributed by atoms with Gasteiger partial charge in [-0.2, -0.15) is 0 Å². The molecule has 0 bridgehead atoms. The lowest BCUT2D eigenvalue weighted by Crippen LogP contribution is -2.55. The summed E-state index contributed by atoms with van der Waals surface area (Å²) >= 11 is 0. The van der Waals surface area contributed by atoms with Crippen molar-refractivity contribution in [1.29, 1.82) is 0 Å². The first-order chi connectivity index (χ1) is 24.8. The SMILES string of the molecule is CC(C)=CCCC(C)C1CCC2(C)C3=C(CCC12C)C1(C)CCC(O)C(C)(C)C1CC3.CCCCOc1ccc(OCCCN2CCOCC2)cc1.Cl. The van der Waals surface area contributed by atoms with Gasteiger partial charge in [-0.15, -0.1) is 12.4 Å². The van der Waals surface area contributed by atoms with Gasteiger partial charge in [-0.3, -0.25) is 4.90 Å². The van der Waals surface area contributed by atoms with E-state index < -0.39 is 0 Å².